The zero-order chi connectivity index (χ0) is 17.9. The molecule has 128 valence electrons. The van der Waals surface area contributed by atoms with E-state index in [0.29, 0.717) is 17.0 Å². The summed E-state index contributed by atoms with van der Waals surface area (Å²) in [5.74, 6) is -0.406. The summed E-state index contributed by atoms with van der Waals surface area (Å²) in [4.78, 5) is 10.9. The summed E-state index contributed by atoms with van der Waals surface area (Å²) in [6.45, 7) is 2.03. The third-order valence-electron chi connectivity index (χ3n) is 3.06. The molecule has 0 bridgehead atoms. The van der Waals surface area contributed by atoms with Gasteiger partial charge in [-0.05, 0) is 24.6 Å². The van der Waals surface area contributed by atoms with Gasteiger partial charge in [0.25, 0.3) is 0 Å². The van der Waals surface area contributed by atoms with Gasteiger partial charge in [0.15, 0.2) is 0 Å². The largest absolute Gasteiger partial charge is 0.398 e. The first kappa shape index (κ1) is 20.0. The number of benzene rings is 2. The van der Waals surface area contributed by atoms with E-state index in [1.54, 1.807) is 6.07 Å². The molecule has 2 aromatic rings. The third kappa shape index (κ3) is 6.23. The molecule has 0 saturated carbocycles. The molecule has 0 fully saturated rings. The fourth-order valence-corrected chi connectivity index (χ4v) is 2.20. The third-order valence-corrected chi connectivity index (χ3v) is 3.99. The number of carbonyl (C=O) groups excluding carboxylic acids is 1. The maximum absolute atomic E-state index is 12.9. The molecule has 0 radical (unpaired) electrons. The highest BCUT2D eigenvalue weighted by molar-refractivity contribution is 8.01. The molecule has 2 aromatic carbocycles. The number of nitrogens with one attached hydrogen (secondary N) is 1. The van der Waals surface area contributed by atoms with Crippen LogP contribution in [0.2, 0.25) is 5.02 Å². The summed E-state index contributed by atoms with van der Waals surface area (Å²) < 4.78 is 12.9. The van der Waals surface area contributed by atoms with Crippen molar-refractivity contribution in [3.8, 4) is 0 Å². The number of rotatable bonds is 5. The van der Waals surface area contributed by atoms with E-state index in [-0.39, 0.29) is 6.54 Å². The minimum Gasteiger partial charge on any atom is -0.398 e. The molecule has 7 heteroatoms. The Balaban J connectivity index is 0.000000240. The maximum Gasteiger partial charge on any atom is 0.207 e. The van der Waals surface area contributed by atoms with Crippen LogP contribution in [-0.2, 0) is 11.3 Å². The van der Waals surface area contributed by atoms with Gasteiger partial charge in [-0.2, -0.15) is 0 Å². The number of hydrogen-bond acceptors (Lipinski definition) is 4. The van der Waals surface area contributed by atoms with E-state index in [1.807, 2.05) is 37.3 Å². The lowest BCUT2D eigenvalue weighted by molar-refractivity contribution is -0.109. The van der Waals surface area contributed by atoms with Crippen molar-refractivity contribution in [1.29, 1.82) is 0 Å². The summed E-state index contributed by atoms with van der Waals surface area (Å²) in [5, 5.41) is 8.05. The fourth-order valence-electron chi connectivity index (χ4n) is 1.73. The predicted molar refractivity (Wildman–Crippen MR) is 99.3 cm³/mol. The lowest BCUT2D eigenvalue weighted by Crippen LogP contribution is -2.11. The van der Waals surface area contributed by atoms with E-state index in [4.69, 9.17) is 22.5 Å². The molecule has 0 aliphatic carbocycles. The minimum absolute atomic E-state index is 0.120. The van der Waals surface area contributed by atoms with Gasteiger partial charge in [-0.3, -0.25) is 9.93 Å². The van der Waals surface area contributed by atoms with Crippen LogP contribution in [0.1, 0.15) is 18.1 Å². The first-order valence-corrected chi connectivity index (χ1v) is 8.25. The van der Waals surface area contributed by atoms with E-state index in [9.17, 15) is 9.18 Å². The zero-order valence-electron chi connectivity index (χ0n) is 13.1. The van der Waals surface area contributed by atoms with E-state index < -0.39 is 5.82 Å². The Morgan fingerprint density at radius 2 is 1.92 bits per heavy atom. The number of allylic oxidation sites excluding steroid dienone is 1. The fraction of sp³-hybridized carbons (Fsp3) is 0.118. The smallest absolute Gasteiger partial charge is 0.207 e. The predicted octanol–water partition coefficient (Wildman–Crippen LogP) is 3.67. The topological polar surface area (TPSA) is 81.1 Å². The van der Waals surface area contributed by atoms with E-state index in [2.05, 4.69) is 5.32 Å². The average molecular weight is 368 g/mol. The summed E-state index contributed by atoms with van der Waals surface area (Å²) in [6, 6.07) is 14.2. The number of halogens is 2. The monoisotopic (exact) mass is 367 g/mol. The van der Waals surface area contributed by atoms with Gasteiger partial charge in [0, 0.05) is 27.7 Å². The molecular weight excluding hydrogens is 349 g/mol. The van der Waals surface area contributed by atoms with Crippen molar-refractivity contribution in [2.45, 2.75) is 13.5 Å². The van der Waals surface area contributed by atoms with Crippen molar-refractivity contribution in [3.63, 3.8) is 0 Å². The second kappa shape index (κ2) is 10.7. The Labute approximate surface area is 150 Å². The molecular formula is C17H19ClFN3OS. The van der Waals surface area contributed by atoms with Crippen molar-refractivity contribution in [3.05, 3.63) is 75.4 Å². The van der Waals surface area contributed by atoms with Gasteiger partial charge in [0.1, 0.15) is 5.82 Å². The lowest BCUT2D eigenvalue weighted by atomic mass is 10.1. The summed E-state index contributed by atoms with van der Waals surface area (Å²) in [5.41, 5.74) is 7.91. The van der Waals surface area contributed by atoms with Crippen LogP contribution in [0.15, 0.2) is 53.4 Å². The first-order chi connectivity index (χ1) is 11.5. The lowest BCUT2D eigenvalue weighted by Gasteiger charge is -2.03. The average Bonchev–Trinajstić information content (AvgIpc) is 2.61. The van der Waals surface area contributed by atoms with Crippen molar-refractivity contribution < 1.29 is 9.18 Å². The van der Waals surface area contributed by atoms with E-state index in [1.165, 1.54) is 24.1 Å². The summed E-state index contributed by atoms with van der Waals surface area (Å²) >= 11 is 6.85. The molecule has 0 spiro atoms. The molecule has 2 rings (SSSR count). The molecule has 0 heterocycles. The van der Waals surface area contributed by atoms with Crippen LogP contribution in [0, 0.1) is 5.82 Å². The van der Waals surface area contributed by atoms with Crippen LogP contribution in [0.5, 0.6) is 0 Å². The van der Waals surface area contributed by atoms with Crippen molar-refractivity contribution in [2.75, 3.05) is 0 Å². The second-order valence-electron chi connectivity index (χ2n) is 4.65. The SMILES string of the molecule is C/C(SN)=C(/N)c1ccccc1.O=CNCc1c(F)cccc1Cl. The van der Waals surface area contributed by atoms with Crippen molar-refractivity contribution in [1.82, 2.24) is 5.32 Å². The Morgan fingerprint density at radius 3 is 2.46 bits per heavy atom. The van der Waals surface area contributed by atoms with Gasteiger partial charge in [-0.15, -0.1) is 0 Å². The Kier molecular flexibility index (Phi) is 8.93. The van der Waals surface area contributed by atoms with Crippen LogP contribution in [0.4, 0.5) is 4.39 Å². The highest BCUT2D eigenvalue weighted by Gasteiger charge is 2.04. The minimum atomic E-state index is -0.406. The quantitative estimate of drug-likeness (QED) is 0.556. The molecule has 0 aliphatic heterocycles. The van der Waals surface area contributed by atoms with Gasteiger partial charge in [0.2, 0.25) is 6.41 Å². The van der Waals surface area contributed by atoms with Crippen LogP contribution >= 0.6 is 23.5 Å². The molecule has 0 saturated heterocycles. The molecule has 0 aromatic heterocycles. The molecule has 0 atom stereocenters. The normalized spacial score (nSPS) is 11.0. The van der Waals surface area contributed by atoms with Crippen LogP contribution < -0.4 is 16.2 Å². The molecule has 5 N–H and O–H groups in total. The number of carbonyl (C=O) groups is 1. The molecule has 0 unspecified atom stereocenters. The first-order valence-electron chi connectivity index (χ1n) is 6.99. The van der Waals surface area contributed by atoms with Gasteiger partial charge >= 0.3 is 0 Å². The molecule has 1 amide bonds. The molecule has 24 heavy (non-hydrogen) atoms. The van der Waals surface area contributed by atoms with Gasteiger partial charge in [-0.1, -0.05) is 59.9 Å². The Bertz CT molecular complexity index is 675. The Hall–Kier alpha value is -2.02. The Morgan fingerprint density at radius 1 is 1.25 bits per heavy atom. The number of amides is 1. The highest BCUT2D eigenvalue weighted by Crippen LogP contribution is 2.18. The number of hydrogen-bond donors (Lipinski definition) is 3. The second-order valence-corrected chi connectivity index (χ2v) is 5.91. The standard InChI is InChI=1S/C9H12N2S.C8H7ClFNO/c1-7(12-11)9(10)8-5-3-2-4-6-8;9-7-2-1-3-8(10)6(7)4-11-5-12/h2-6H,10-11H2,1H3;1-3,5H,4H2,(H,11,12)/b9-7-;. The van der Waals surface area contributed by atoms with Crippen LogP contribution in [-0.4, -0.2) is 6.41 Å². The summed E-state index contributed by atoms with van der Waals surface area (Å²) in [7, 11) is 0. The van der Waals surface area contributed by atoms with Gasteiger partial charge in [-0.25, -0.2) is 4.39 Å². The van der Waals surface area contributed by atoms with Crippen molar-refractivity contribution in [2.24, 2.45) is 10.9 Å². The zero-order valence-corrected chi connectivity index (χ0v) is 14.7. The van der Waals surface area contributed by atoms with Gasteiger partial charge in [0.05, 0.1) is 0 Å². The summed E-state index contributed by atoms with van der Waals surface area (Å²) in [6.07, 6.45) is 0.503. The van der Waals surface area contributed by atoms with E-state index in [0.717, 1.165) is 16.2 Å². The van der Waals surface area contributed by atoms with Crippen molar-refractivity contribution >= 4 is 35.7 Å². The van der Waals surface area contributed by atoms with Gasteiger partial charge < -0.3 is 11.1 Å². The van der Waals surface area contributed by atoms with E-state index >= 15 is 0 Å². The molecule has 4 nitrogen and oxygen atoms in total. The highest BCUT2D eigenvalue weighted by atomic mass is 35.5. The van der Waals surface area contributed by atoms with Crippen LogP contribution in [0.25, 0.3) is 5.70 Å². The van der Waals surface area contributed by atoms with Crippen LogP contribution in [0.3, 0.4) is 0 Å². The molecule has 0 aliphatic rings. The maximum atomic E-state index is 12.9. The number of nitrogens with two attached hydrogens (primary N) is 2.